The Kier molecular flexibility index (Phi) is 4.72. The average Bonchev–Trinajstić information content (AvgIpc) is 2.76. The Balaban J connectivity index is 2.51. The first kappa shape index (κ1) is 17.0. The fourth-order valence-corrected chi connectivity index (χ4v) is 2.87. The lowest BCUT2D eigenvalue weighted by Crippen LogP contribution is -2.47. The van der Waals surface area contributed by atoms with Crippen LogP contribution in [0.2, 0.25) is 0 Å². The molecule has 0 unspecified atom stereocenters. The molecule has 1 saturated carbocycles. The van der Waals surface area contributed by atoms with E-state index in [0.29, 0.717) is 5.75 Å². The van der Waals surface area contributed by atoms with E-state index in [1.165, 1.54) is 6.92 Å². The third-order valence-electron chi connectivity index (χ3n) is 4.05. The number of rotatable bonds is 5. The van der Waals surface area contributed by atoms with E-state index in [1.807, 2.05) is 0 Å². The molecule has 23 heavy (non-hydrogen) atoms. The van der Waals surface area contributed by atoms with Crippen molar-refractivity contribution in [1.29, 1.82) is 0 Å². The zero-order chi connectivity index (χ0) is 17.2. The largest absolute Gasteiger partial charge is 0.509 e. The van der Waals surface area contributed by atoms with E-state index >= 15 is 0 Å². The number of carbonyl (C=O) groups is 2. The number of carboxylic acids is 1. The van der Waals surface area contributed by atoms with Gasteiger partial charge in [0.1, 0.15) is 17.3 Å². The Morgan fingerprint density at radius 1 is 1.30 bits per heavy atom. The Labute approximate surface area is 132 Å². The van der Waals surface area contributed by atoms with E-state index < -0.39 is 42.2 Å². The number of Topliss-reactive ketones (excluding diaryl/α,β-unsaturated/α-hetero) is 1. The summed E-state index contributed by atoms with van der Waals surface area (Å²) < 4.78 is 5.53. The van der Waals surface area contributed by atoms with Crippen molar-refractivity contribution in [1.82, 2.24) is 0 Å². The van der Waals surface area contributed by atoms with Gasteiger partial charge in [0.15, 0.2) is 11.2 Å². The normalized spacial score (nSPS) is 28.4. The van der Waals surface area contributed by atoms with Crippen LogP contribution < -0.4 is 4.74 Å². The fraction of sp³-hybridized carbons (Fsp3) is 0.375. The number of aliphatic hydroxyl groups is 3. The highest BCUT2D eigenvalue weighted by Crippen LogP contribution is 2.46. The van der Waals surface area contributed by atoms with Gasteiger partial charge in [-0.05, 0) is 19.1 Å². The van der Waals surface area contributed by atoms with E-state index in [2.05, 4.69) is 0 Å². The summed E-state index contributed by atoms with van der Waals surface area (Å²) >= 11 is 0. The van der Waals surface area contributed by atoms with Crippen LogP contribution in [0, 0.1) is 11.3 Å². The van der Waals surface area contributed by atoms with Crippen LogP contribution >= 0.6 is 0 Å². The number of para-hydroxylation sites is 1. The molecule has 0 saturated heterocycles. The molecular weight excluding hydrogens is 304 g/mol. The standard InChI is InChI=1S/C16H18O7/c1-9(18)14(23-10-5-3-2-4-6-10)13-11(19)7-12(20)16(13,8-17)15(21)22/h2-6,11,13,17-19H,7-8H2,1H3,(H,21,22)/b14-9+/t11-,13-,16-/m1/s1. The Hall–Kier alpha value is -2.38. The van der Waals surface area contributed by atoms with E-state index in [1.54, 1.807) is 30.3 Å². The second-order valence-electron chi connectivity index (χ2n) is 5.47. The molecule has 0 radical (unpaired) electrons. The number of aliphatic hydroxyl groups excluding tert-OH is 3. The van der Waals surface area contributed by atoms with Gasteiger partial charge < -0.3 is 25.2 Å². The maximum atomic E-state index is 12.1. The first-order valence-corrected chi connectivity index (χ1v) is 7.02. The van der Waals surface area contributed by atoms with Crippen LogP contribution in [0.1, 0.15) is 13.3 Å². The Morgan fingerprint density at radius 3 is 2.39 bits per heavy atom. The zero-order valence-electron chi connectivity index (χ0n) is 12.5. The van der Waals surface area contributed by atoms with Gasteiger partial charge in [0.2, 0.25) is 0 Å². The third kappa shape index (κ3) is 2.80. The molecule has 3 atom stereocenters. The summed E-state index contributed by atoms with van der Waals surface area (Å²) in [5.74, 6) is -4.07. The summed E-state index contributed by atoms with van der Waals surface area (Å²) in [6.45, 7) is 0.260. The molecule has 7 nitrogen and oxygen atoms in total. The maximum Gasteiger partial charge on any atom is 0.320 e. The predicted octanol–water partition coefficient (Wildman–Crippen LogP) is 0.868. The van der Waals surface area contributed by atoms with Gasteiger partial charge in [-0.15, -0.1) is 0 Å². The minimum absolute atomic E-state index is 0.244. The molecule has 1 aromatic rings. The van der Waals surface area contributed by atoms with E-state index in [9.17, 15) is 30.0 Å². The second kappa shape index (κ2) is 6.39. The van der Waals surface area contributed by atoms with Crippen molar-refractivity contribution in [2.45, 2.75) is 19.4 Å². The van der Waals surface area contributed by atoms with Crippen molar-refractivity contribution in [3.63, 3.8) is 0 Å². The summed E-state index contributed by atoms with van der Waals surface area (Å²) in [5, 5.41) is 39.1. The van der Waals surface area contributed by atoms with Gasteiger partial charge >= 0.3 is 5.97 Å². The molecule has 1 aliphatic rings. The van der Waals surface area contributed by atoms with Crippen LogP contribution in [0.4, 0.5) is 0 Å². The molecule has 1 fully saturated rings. The first-order chi connectivity index (χ1) is 10.8. The summed E-state index contributed by atoms with van der Waals surface area (Å²) in [5.41, 5.74) is -2.24. The van der Waals surface area contributed by atoms with Gasteiger partial charge in [-0.1, -0.05) is 18.2 Å². The highest BCUT2D eigenvalue weighted by atomic mass is 16.5. The smallest absolute Gasteiger partial charge is 0.320 e. The van der Waals surface area contributed by atoms with Gasteiger partial charge in [0, 0.05) is 6.42 Å². The molecule has 124 valence electrons. The fourth-order valence-electron chi connectivity index (χ4n) is 2.87. The van der Waals surface area contributed by atoms with Crippen LogP contribution in [0.25, 0.3) is 0 Å². The Bertz CT molecular complexity index is 633. The van der Waals surface area contributed by atoms with Gasteiger partial charge in [-0.3, -0.25) is 9.59 Å². The zero-order valence-corrected chi connectivity index (χ0v) is 12.5. The number of allylic oxidation sites excluding steroid dienone is 1. The number of carboxylic acid groups (broad SMARTS) is 1. The highest BCUT2D eigenvalue weighted by Gasteiger charge is 2.62. The van der Waals surface area contributed by atoms with Gasteiger partial charge in [0.05, 0.1) is 18.6 Å². The van der Waals surface area contributed by atoms with Crippen LogP contribution in [0.15, 0.2) is 41.9 Å². The van der Waals surface area contributed by atoms with E-state index in [0.717, 1.165) is 0 Å². The summed E-state index contributed by atoms with van der Waals surface area (Å²) in [6.07, 6.45) is -1.82. The molecule has 2 rings (SSSR count). The molecule has 0 aliphatic heterocycles. The Morgan fingerprint density at radius 2 is 1.91 bits per heavy atom. The van der Waals surface area contributed by atoms with Crippen molar-refractivity contribution in [3.8, 4) is 5.75 Å². The number of ketones is 1. The van der Waals surface area contributed by atoms with Gasteiger partial charge in [-0.2, -0.15) is 0 Å². The van der Waals surface area contributed by atoms with Crippen LogP contribution in [0.3, 0.4) is 0 Å². The third-order valence-corrected chi connectivity index (χ3v) is 4.05. The number of ether oxygens (including phenoxy) is 1. The molecule has 0 heterocycles. The predicted molar refractivity (Wildman–Crippen MR) is 78.7 cm³/mol. The molecular formula is C16H18O7. The van der Waals surface area contributed by atoms with Crippen LogP contribution in [0.5, 0.6) is 5.75 Å². The number of hydrogen-bond donors (Lipinski definition) is 4. The minimum Gasteiger partial charge on any atom is -0.509 e. The van der Waals surface area contributed by atoms with E-state index in [4.69, 9.17) is 4.74 Å². The number of carbonyl (C=O) groups excluding carboxylic acids is 1. The van der Waals surface area contributed by atoms with Gasteiger partial charge in [0.25, 0.3) is 0 Å². The second-order valence-corrected chi connectivity index (χ2v) is 5.47. The van der Waals surface area contributed by atoms with Crippen molar-refractivity contribution in [3.05, 3.63) is 41.9 Å². The van der Waals surface area contributed by atoms with Crippen molar-refractivity contribution in [2.24, 2.45) is 11.3 Å². The topological polar surface area (TPSA) is 124 Å². The molecule has 7 heteroatoms. The highest BCUT2D eigenvalue weighted by molar-refractivity contribution is 6.06. The molecule has 1 aromatic carbocycles. The van der Waals surface area contributed by atoms with E-state index in [-0.39, 0.29) is 11.5 Å². The molecule has 0 spiro atoms. The SMILES string of the molecule is C/C(O)=C(\Oc1ccccc1)[C@H]1[C@H](O)CC(=O)[C@@]1(CO)C(=O)O. The lowest BCUT2D eigenvalue weighted by molar-refractivity contribution is -0.159. The number of aliphatic carboxylic acids is 1. The summed E-state index contributed by atoms with van der Waals surface area (Å²) in [7, 11) is 0. The summed E-state index contributed by atoms with van der Waals surface area (Å²) in [4.78, 5) is 23.8. The minimum atomic E-state index is -2.24. The lowest BCUT2D eigenvalue weighted by Gasteiger charge is -2.30. The molecule has 0 aromatic heterocycles. The van der Waals surface area contributed by atoms with Gasteiger partial charge in [-0.25, -0.2) is 0 Å². The number of benzene rings is 1. The van der Waals surface area contributed by atoms with Crippen molar-refractivity contribution < 1.29 is 34.8 Å². The number of hydrogen-bond acceptors (Lipinski definition) is 6. The molecule has 4 N–H and O–H groups in total. The van der Waals surface area contributed by atoms with Crippen molar-refractivity contribution in [2.75, 3.05) is 6.61 Å². The van der Waals surface area contributed by atoms with Crippen LogP contribution in [-0.2, 0) is 9.59 Å². The molecule has 0 amide bonds. The summed E-state index contributed by atoms with van der Waals surface area (Å²) in [6, 6.07) is 8.24. The monoisotopic (exact) mass is 322 g/mol. The average molecular weight is 322 g/mol. The molecule has 1 aliphatic carbocycles. The lowest BCUT2D eigenvalue weighted by atomic mass is 9.76. The maximum absolute atomic E-state index is 12.1. The quantitative estimate of drug-likeness (QED) is 0.468. The van der Waals surface area contributed by atoms with Crippen molar-refractivity contribution >= 4 is 11.8 Å². The van der Waals surface area contributed by atoms with Crippen LogP contribution in [-0.4, -0.2) is 44.9 Å². The first-order valence-electron chi connectivity index (χ1n) is 7.02. The molecule has 0 bridgehead atoms.